The number of hydrogen-bond acceptors (Lipinski definition) is 3. The standard InChI is InChI=1S/C14H14FN3.C2H6O/c15-11-8-12(9-4-2-1-3-5-9)18-14(11)16-13(17-18)10-6-7-10;1-3-2/h1-5,10-12H,6-8H2;1-2H3. The summed E-state index contributed by atoms with van der Waals surface area (Å²) in [6, 6.07) is 10.0. The number of fused-ring (bicyclic) bond motifs is 1. The van der Waals surface area contributed by atoms with E-state index in [0.717, 1.165) is 24.2 Å². The number of aromatic nitrogens is 3. The first-order chi connectivity index (χ1) is 10.2. The maximum atomic E-state index is 14.0. The number of methoxy groups -OCH3 is 1. The van der Waals surface area contributed by atoms with Gasteiger partial charge in [0.1, 0.15) is 0 Å². The quantitative estimate of drug-likeness (QED) is 0.850. The summed E-state index contributed by atoms with van der Waals surface area (Å²) in [4.78, 5) is 4.39. The van der Waals surface area contributed by atoms with Gasteiger partial charge in [-0.2, -0.15) is 5.10 Å². The normalized spacial score (nSPS) is 23.4. The lowest BCUT2D eigenvalue weighted by Gasteiger charge is -2.11. The maximum absolute atomic E-state index is 14.0. The number of ether oxygens (including phenoxy) is 1. The number of benzene rings is 1. The van der Waals surface area contributed by atoms with Crippen molar-refractivity contribution < 1.29 is 9.13 Å². The highest BCUT2D eigenvalue weighted by molar-refractivity contribution is 5.24. The van der Waals surface area contributed by atoms with Crippen molar-refractivity contribution in [2.24, 2.45) is 0 Å². The van der Waals surface area contributed by atoms with Crippen LogP contribution in [0, 0.1) is 0 Å². The molecule has 1 aromatic carbocycles. The minimum absolute atomic E-state index is 0.0104. The Balaban J connectivity index is 0.000000409. The van der Waals surface area contributed by atoms with Gasteiger partial charge in [-0.15, -0.1) is 0 Å². The van der Waals surface area contributed by atoms with Gasteiger partial charge in [0, 0.05) is 26.6 Å². The van der Waals surface area contributed by atoms with Crippen LogP contribution in [-0.4, -0.2) is 29.0 Å². The zero-order valence-corrected chi connectivity index (χ0v) is 12.4. The van der Waals surface area contributed by atoms with E-state index in [9.17, 15) is 4.39 Å². The molecule has 1 aliphatic heterocycles. The number of alkyl halides is 1. The Labute approximate surface area is 124 Å². The zero-order valence-electron chi connectivity index (χ0n) is 12.4. The van der Waals surface area contributed by atoms with Crippen LogP contribution in [0.3, 0.4) is 0 Å². The third-order valence-electron chi connectivity index (χ3n) is 3.81. The average molecular weight is 289 g/mol. The summed E-state index contributed by atoms with van der Waals surface area (Å²) in [6.07, 6.45) is 1.78. The molecule has 0 amide bonds. The lowest BCUT2D eigenvalue weighted by atomic mass is 10.0. The van der Waals surface area contributed by atoms with Gasteiger partial charge in [0.25, 0.3) is 0 Å². The van der Waals surface area contributed by atoms with Crippen LogP contribution in [0.5, 0.6) is 0 Å². The van der Waals surface area contributed by atoms with E-state index < -0.39 is 6.17 Å². The molecule has 1 aliphatic carbocycles. The molecule has 2 unspecified atom stereocenters. The molecule has 4 nitrogen and oxygen atoms in total. The molecular weight excluding hydrogens is 269 g/mol. The maximum Gasteiger partial charge on any atom is 0.162 e. The molecule has 0 spiro atoms. The first-order valence-corrected chi connectivity index (χ1v) is 7.30. The first-order valence-electron chi connectivity index (χ1n) is 7.30. The summed E-state index contributed by atoms with van der Waals surface area (Å²) in [7, 11) is 3.25. The van der Waals surface area contributed by atoms with Crippen molar-refractivity contribution in [1.29, 1.82) is 0 Å². The lowest BCUT2D eigenvalue weighted by molar-refractivity contribution is 0.277. The Morgan fingerprint density at radius 2 is 1.86 bits per heavy atom. The second-order valence-electron chi connectivity index (χ2n) is 5.59. The number of halogens is 1. The molecule has 2 atom stereocenters. The molecule has 2 aromatic rings. The van der Waals surface area contributed by atoms with Crippen LogP contribution in [0.2, 0.25) is 0 Å². The van der Waals surface area contributed by atoms with E-state index >= 15 is 0 Å². The third kappa shape index (κ3) is 2.83. The molecule has 1 saturated carbocycles. The molecule has 0 N–H and O–H groups in total. The van der Waals surface area contributed by atoms with Gasteiger partial charge < -0.3 is 4.74 Å². The van der Waals surface area contributed by atoms with Crippen LogP contribution in [0.15, 0.2) is 30.3 Å². The molecule has 112 valence electrons. The van der Waals surface area contributed by atoms with Crippen molar-refractivity contribution >= 4 is 0 Å². The molecule has 1 fully saturated rings. The van der Waals surface area contributed by atoms with Gasteiger partial charge in [0.2, 0.25) is 0 Å². The van der Waals surface area contributed by atoms with Crippen LogP contribution in [-0.2, 0) is 4.74 Å². The topological polar surface area (TPSA) is 39.9 Å². The summed E-state index contributed by atoms with van der Waals surface area (Å²) >= 11 is 0. The lowest BCUT2D eigenvalue weighted by Crippen LogP contribution is -2.07. The van der Waals surface area contributed by atoms with Crippen LogP contribution in [0.25, 0.3) is 0 Å². The van der Waals surface area contributed by atoms with E-state index in [4.69, 9.17) is 0 Å². The van der Waals surface area contributed by atoms with E-state index in [2.05, 4.69) is 14.8 Å². The molecule has 2 heterocycles. The monoisotopic (exact) mass is 289 g/mol. The van der Waals surface area contributed by atoms with Crippen LogP contribution in [0.1, 0.15) is 54.6 Å². The second kappa shape index (κ2) is 5.93. The molecular formula is C16H20FN3O. The van der Waals surface area contributed by atoms with Crippen molar-refractivity contribution in [2.75, 3.05) is 14.2 Å². The summed E-state index contributed by atoms with van der Waals surface area (Å²) in [6.45, 7) is 0. The Kier molecular flexibility index (Phi) is 4.01. The van der Waals surface area contributed by atoms with Crippen LogP contribution < -0.4 is 0 Å². The molecule has 4 rings (SSSR count). The smallest absolute Gasteiger partial charge is 0.162 e. The SMILES string of the molecule is COC.FC1CC(c2ccccc2)n2nc(C3CC3)nc21. The molecule has 0 saturated heterocycles. The predicted octanol–water partition coefficient (Wildman–Crippen LogP) is 3.42. The summed E-state index contributed by atoms with van der Waals surface area (Å²) in [5.74, 6) is 1.84. The van der Waals surface area contributed by atoms with Crippen molar-refractivity contribution in [3.05, 3.63) is 47.5 Å². The minimum atomic E-state index is -0.977. The first kappa shape index (κ1) is 14.2. The van der Waals surface area contributed by atoms with E-state index in [1.807, 2.05) is 30.3 Å². The van der Waals surface area contributed by atoms with Crippen molar-refractivity contribution in [3.8, 4) is 0 Å². The van der Waals surface area contributed by atoms with Gasteiger partial charge >= 0.3 is 0 Å². The van der Waals surface area contributed by atoms with Gasteiger partial charge in [0.15, 0.2) is 17.8 Å². The highest BCUT2D eigenvalue weighted by Gasteiger charge is 2.38. The molecule has 0 radical (unpaired) electrons. The summed E-state index contributed by atoms with van der Waals surface area (Å²) in [5, 5.41) is 4.53. The minimum Gasteiger partial charge on any atom is -0.388 e. The van der Waals surface area contributed by atoms with Crippen molar-refractivity contribution in [3.63, 3.8) is 0 Å². The summed E-state index contributed by atoms with van der Waals surface area (Å²) < 4.78 is 20.1. The van der Waals surface area contributed by atoms with Gasteiger partial charge in [0.05, 0.1) is 6.04 Å². The highest BCUT2D eigenvalue weighted by atomic mass is 19.1. The van der Waals surface area contributed by atoms with E-state index in [0.29, 0.717) is 18.2 Å². The molecule has 2 aliphatic rings. The fourth-order valence-electron chi connectivity index (χ4n) is 2.66. The molecule has 1 aromatic heterocycles. The fourth-order valence-corrected chi connectivity index (χ4v) is 2.66. The Morgan fingerprint density at radius 3 is 2.48 bits per heavy atom. The predicted molar refractivity (Wildman–Crippen MR) is 78.0 cm³/mol. The zero-order chi connectivity index (χ0) is 14.8. The Hall–Kier alpha value is -1.75. The van der Waals surface area contributed by atoms with Crippen molar-refractivity contribution in [1.82, 2.24) is 14.8 Å². The van der Waals surface area contributed by atoms with E-state index in [1.54, 1.807) is 18.9 Å². The molecule has 0 bridgehead atoms. The Bertz CT molecular complexity index is 595. The van der Waals surface area contributed by atoms with Crippen LogP contribution >= 0.6 is 0 Å². The molecule has 5 heteroatoms. The van der Waals surface area contributed by atoms with E-state index in [1.165, 1.54) is 0 Å². The van der Waals surface area contributed by atoms with E-state index in [-0.39, 0.29) is 6.04 Å². The number of rotatable bonds is 2. The average Bonchev–Trinajstić information content (AvgIpc) is 3.18. The van der Waals surface area contributed by atoms with Crippen LogP contribution in [0.4, 0.5) is 4.39 Å². The summed E-state index contributed by atoms with van der Waals surface area (Å²) in [5.41, 5.74) is 1.12. The van der Waals surface area contributed by atoms with Gasteiger partial charge in [-0.3, -0.25) is 0 Å². The number of nitrogens with zero attached hydrogens (tertiary/aromatic N) is 3. The largest absolute Gasteiger partial charge is 0.388 e. The highest BCUT2D eigenvalue weighted by Crippen LogP contribution is 2.43. The second-order valence-corrected chi connectivity index (χ2v) is 5.59. The van der Waals surface area contributed by atoms with Gasteiger partial charge in [-0.1, -0.05) is 30.3 Å². The third-order valence-corrected chi connectivity index (χ3v) is 3.81. The molecule has 21 heavy (non-hydrogen) atoms. The van der Waals surface area contributed by atoms with Gasteiger partial charge in [-0.25, -0.2) is 14.1 Å². The fraction of sp³-hybridized carbons (Fsp3) is 0.500. The van der Waals surface area contributed by atoms with Crippen molar-refractivity contribution in [2.45, 2.75) is 37.4 Å². The number of hydrogen-bond donors (Lipinski definition) is 0. The van der Waals surface area contributed by atoms with Gasteiger partial charge in [-0.05, 0) is 18.4 Å². The Morgan fingerprint density at radius 1 is 1.19 bits per heavy atom.